The van der Waals surface area contributed by atoms with Gasteiger partial charge in [-0.3, -0.25) is 4.79 Å². The topological polar surface area (TPSA) is 72.5 Å². The van der Waals surface area contributed by atoms with Gasteiger partial charge >= 0.3 is 5.97 Å². The first kappa shape index (κ1) is 17.9. The highest BCUT2D eigenvalue weighted by atomic mass is 35.5. The number of nitrogens with one attached hydrogen (secondary N) is 1. The smallest absolute Gasteiger partial charge is 0.324 e. The minimum absolute atomic E-state index is 0.0855. The number of esters is 1. The lowest BCUT2D eigenvalue weighted by molar-refractivity contribution is -0.156. The fourth-order valence-corrected chi connectivity index (χ4v) is 3.29. The molecule has 0 unspecified atom stereocenters. The molecule has 0 fully saturated rings. The summed E-state index contributed by atoms with van der Waals surface area (Å²) in [5, 5.41) is 0.451. The fraction of sp³-hybridized carbons (Fsp3) is 0.500. The third-order valence-corrected chi connectivity index (χ3v) is 4.45. The molecule has 0 amide bonds. The molecule has 1 aromatic rings. The predicted octanol–water partition coefficient (Wildman–Crippen LogP) is 2.66. The van der Waals surface area contributed by atoms with E-state index in [9.17, 15) is 13.2 Å². The lowest BCUT2D eigenvalue weighted by atomic mass is 10.2. The van der Waals surface area contributed by atoms with Gasteiger partial charge in [-0.05, 0) is 58.4 Å². The van der Waals surface area contributed by atoms with Crippen LogP contribution < -0.4 is 4.72 Å². The van der Waals surface area contributed by atoms with E-state index in [2.05, 4.69) is 4.72 Å². The molecule has 0 aliphatic heterocycles. The summed E-state index contributed by atoms with van der Waals surface area (Å²) >= 11 is 5.81. The van der Waals surface area contributed by atoms with Gasteiger partial charge in [-0.2, -0.15) is 4.72 Å². The van der Waals surface area contributed by atoms with Crippen molar-refractivity contribution in [2.45, 2.75) is 51.2 Å². The van der Waals surface area contributed by atoms with E-state index in [4.69, 9.17) is 16.3 Å². The van der Waals surface area contributed by atoms with Crippen LogP contribution in [0.15, 0.2) is 23.1 Å². The van der Waals surface area contributed by atoms with Crippen molar-refractivity contribution in [2.75, 3.05) is 0 Å². The van der Waals surface area contributed by atoms with Gasteiger partial charge in [-0.1, -0.05) is 11.6 Å². The Balaban J connectivity index is 2.92. The van der Waals surface area contributed by atoms with Gasteiger partial charge in [-0.15, -0.1) is 0 Å². The van der Waals surface area contributed by atoms with Crippen molar-refractivity contribution >= 4 is 27.6 Å². The lowest BCUT2D eigenvalue weighted by Crippen LogP contribution is -2.42. The van der Waals surface area contributed by atoms with E-state index in [0.717, 1.165) is 0 Å². The third kappa shape index (κ3) is 5.30. The zero-order valence-electron chi connectivity index (χ0n) is 12.7. The van der Waals surface area contributed by atoms with Crippen molar-refractivity contribution in [3.63, 3.8) is 0 Å². The first-order valence-corrected chi connectivity index (χ1v) is 8.30. The van der Waals surface area contributed by atoms with E-state index in [0.29, 0.717) is 10.6 Å². The van der Waals surface area contributed by atoms with Crippen molar-refractivity contribution in [1.82, 2.24) is 4.72 Å². The van der Waals surface area contributed by atoms with Crippen molar-refractivity contribution in [2.24, 2.45) is 0 Å². The summed E-state index contributed by atoms with van der Waals surface area (Å²) in [6.07, 6.45) is 0. The molecule has 0 saturated heterocycles. The Morgan fingerprint density at radius 3 is 2.38 bits per heavy atom. The number of benzene rings is 1. The Morgan fingerprint density at radius 1 is 1.33 bits per heavy atom. The number of aryl methyl sites for hydroxylation is 1. The number of carbonyl (C=O) groups excluding carboxylic acids is 1. The van der Waals surface area contributed by atoms with Gasteiger partial charge in [0, 0.05) is 5.02 Å². The Labute approximate surface area is 130 Å². The van der Waals surface area contributed by atoms with Gasteiger partial charge < -0.3 is 4.74 Å². The molecular weight excluding hydrogens is 314 g/mol. The number of halogens is 1. The van der Waals surface area contributed by atoms with Crippen LogP contribution in [0.1, 0.15) is 33.3 Å². The number of hydrogen-bond donors (Lipinski definition) is 1. The van der Waals surface area contributed by atoms with Crippen LogP contribution >= 0.6 is 11.6 Å². The molecule has 0 spiro atoms. The average molecular weight is 334 g/mol. The van der Waals surface area contributed by atoms with Gasteiger partial charge in [0.25, 0.3) is 0 Å². The highest BCUT2D eigenvalue weighted by Gasteiger charge is 2.27. The van der Waals surface area contributed by atoms with E-state index in [-0.39, 0.29) is 4.90 Å². The fourth-order valence-electron chi connectivity index (χ4n) is 1.65. The Kier molecular flexibility index (Phi) is 5.41. The number of sulfonamides is 1. The zero-order valence-corrected chi connectivity index (χ0v) is 14.3. The van der Waals surface area contributed by atoms with Crippen LogP contribution in [0.5, 0.6) is 0 Å². The number of carbonyl (C=O) groups is 1. The van der Waals surface area contributed by atoms with Gasteiger partial charge in [0.05, 0.1) is 4.90 Å². The van der Waals surface area contributed by atoms with Gasteiger partial charge in [0.2, 0.25) is 10.0 Å². The molecule has 1 N–H and O–H groups in total. The van der Waals surface area contributed by atoms with Gasteiger partial charge in [0.1, 0.15) is 11.6 Å². The number of hydrogen-bond acceptors (Lipinski definition) is 4. The van der Waals surface area contributed by atoms with Crippen molar-refractivity contribution in [3.8, 4) is 0 Å². The minimum atomic E-state index is -3.82. The summed E-state index contributed by atoms with van der Waals surface area (Å²) in [6, 6.07) is 3.46. The molecule has 1 rings (SSSR count). The van der Waals surface area contributed by atoms with E-state index in [1.807, 2.05) is 0 Å². The molecule has 0 aliphatic carbocycles. The molecule has 118 valence electrons. The third-order valence-electron chi connectivity index (χ3n) is 2.52. The maximum Gasteiger partial charge on any atom is 0.324 e. The summed E-state index contributed by atoms with van der Waals surface area (Å²) in [6.45, 7) is 8.23. The van der Waals surface area contributed by atoms with Crippen molar-refractivity contribution < 1.29 is 17.9 Å². The molecule has 1 atom stereocenters. The lowest BCUT2D eigenvalue weighted by Gasteiger charge is -2.22. The van der Waals surface area contributed by atoms with Crippen LogP contribution in [-0.4, -0.2) is 26.0 Å². The number of rotatable bonds is 4. The standard InChI is InChI=1S/C14H20ClNO4S/c1-9-8-11(15)6-7-12(9)21(18,19)16-10(2)13(17)20-14(3,4)5/h6-8,10,16H,1-5H3/t10-/m1/s1. The summed E-state index contributed by atoms with van der Waals surface area (Å²) in [5.74, 6) is -0.627. The minimum Gasteiger partial charge on any atom is -0.459 e. The molecule has 5 nitrogen and oxygen atoms in total. The molecule has 7 heteroatoms. The van der Waals surface area contributed by atoms with Crippen LogP contribution in [-0.2, 0) is 19.6 Å². The largest absolute Gasteiger partial charge is 0.459 e. The number of ether oxygens (including phenoxy) is 1. The molecule has 0 radical (unpaired) electrons. The van der Waals surface area contributed by atoms with Crippen LogP contribution in [0.2, 0.25) is 5.02 Å². The van der Waals surface area contributed by atoms with Crippen molar-refractivity contribution in [1.29, 1.82) is 0 Å². The second-order valence-corrected chi connectivity index (χ2v) is 7.91. The molecule has 21 heavy (non-hydrogen) atoms. The van der Waals surface area contributed by atoms with Crippen LogP contribution in [0.25, 0.3) is 0 Å². The predicted molar refractivity (Wildman–Crippen MR) is 81.8 cm³/mol. The highest BCUT2D eigenvalue weighted by Crippen LogP contribution is 2.20. The quantitative estimate of drug-likeness (QED) is 0.860. The summed E-state index contributed by atoms with van der Waals surface area (Å²) in [7, 11) is -3.82. The highest BCUT2D eigenvalue weighted by molar-refractivity contribution is 7.89. The molecule has 0 saturated carbocycles. The van der Waals surface area contributed by atoms with Gasteiger partial charge in [-0.25, -0.2) is 8.42 Å². The van der Waals surface area contributed by atoms with E-state index >= 15 is 0 Å². The summed E-state index contributed by atoms with van der Waals surface area (Å²) in [5.41, 5.74) is -0.168. The molecule has 0 aromatic heterocycles. The SMILES string of the molecule is Cc1cc(Cl)ccc1S(=O)(=O)N[C@H](C)C(=O)OC(C)(C)C. The maximum absolute atomic E-state index is 12.3. The Morgan fingerprint density at radius 2 is 1.90 bits per heavy atom. The first-order chi connectivity index (χ1) is 9.42. The van der Waals surface area contributed by atoms with Crippen molar-refractivity contribution in [3.05, 3.63) is 28.8 Å². The molecule has 1 aromatic carbocycles. The molecule has 0 heterocycles. The van der Waals surface area contributed by atoms with E-state index in [1.165, 1.54) is 19.1 Å². The molecule has 0 bridgehead atoms. The normalized spacial score (nSPS) is 13.8. The second-order valence-electron chi connectivity index (χ2n) is 5.79. The Hall–Kier alpha value is -1.11. The molecule has 0 aliphatic rings. The van der Waals surface area contributed by atoms with Crippen LogP contribution in [0.3, 0.4) is 0 Å². The maximum atomic E-state index is 12.3. The van der Waals surface area contributed by atoms with Crippen LogP contribution in [0.4, 0.5) is 0 Å². The van der Waals surface area contributed by atoms with Crippen LogP contribution in [0, 0.1) is 6.92 Å². The van der Waals surface area contributed by atoms with Gasteiger partial charge in [0.15, 0.2) is 0 Å². The first-order valence-electron chi connectivity index (χ1n) is 6.44. The second kappa shape index (κ2) is 6.34. The monoisotopic (exact) mass is 333 g/mol. The average Bonchev–Trinajstić information content (AvgIpc) is 2.24. The summed E-state index contributed by atoms with van der Waals surface area (Å²) in [4.78, 5) is 11.9. The molecular formula is C14H20ClNO4S. The summed E-state index contributed by atoms with van der Waals surface area (Å²) < 4.78 is 32.0. The van der Waals surface area contributed by atoms with E-state index < -0.39 is 27.6 Å². The Bertz CT molecular complexity index is 635. The van der Waals surface area contributed by atoms with E-state index in [1.54, 1.807) is 33.8 Å². The zero-order chi connectivity index (χ0) is 16.4.